The van der Waals surface area contributed by atoms with Crippen molar-refractivity contribution in [3.63, 3.8) is 0 Å². The molecule has 312 valence electrons. The van der Waals surface area contributed by atoms with Gasteiger partial charge in [0.25, 0.3) is 0 Å². The maximum atomic E-state index is 13.4. The van der Waals surface area contributed by atoms with E-state index < -0.39 is 102 Å². The second-order valence-electron chi connectivity index (χ2n) is 12.4. The van der Waals surface area contributed by atoms with Gasteiger partial charge in [-0.1, -0.05) is 25.6 Å². The van der Waals surface area contributed by atoms with Gasteiger partial charge in [0.15, 0.2) is 23.9 Å². The average molecular weight is 872 g/mol. The largest absolute Gasteiger partial charge is 0.481 e. The summed E-state index contributed by atoms with van der Waals surface area (Å²) in [5.41, 5.74) is 4.18. The van der Waals surface area contributed by atoms with Crippen LogP contribution in [0.3, 0.4) is 0 Å². The summed E-state index contributed by atoms with van der Waals surface area (Å²) in [5.74, 6) is -1.65. The summed E-state index contributed by atoms with van der Waals surface area (Å²) in [6, 6.07) is 0. The summed E-state index contributed by atoms with van der Waals surface area (Å²) in [4.78, 5) is 86.8. The second-order valence-corrected chi connectivity index (χ2v) is 17.7. The maximum Gasteiger partial charge on any atom is 0.481 e. The number of aromatic nitrogens is 4. The third-order valence-corrected chi connectivity index (χ3v) is 11.4. The van der Waals surface area contributed by atoms with Crippen LogP contribution in [-0.2, 0) is 50.7 Å². The van der Waals surface area contributed by atoms with Crippen LogP contribution in [0.2, 0.25) is 0 Å². The van der Waals surface area contributed by atoms with Gasteiger partial charge < -0.3 is 56.0 Å². The number of rotatable bonds is 21. The van der Waals surface area contributed by atoms with Gasteiger partial charge in [-0.15, -0.1) is 0 Å². The van der Waals surface area contributed by atoms with Crippen LogP contribution in [0.4, 0.5) is 10.2 Å². The highest BCUT2D eigenvalue weighted by Gasteiger charge is 2.50. The van der Waals surface area contributed by atoms with E-state index in [1.165, 1.54) is 13.8 Å². The molecule has 0 aliphatic carbocycles. The van der Waals surface area contributed by atoms with Gasteiger partial charge in [0.05, 0.1) is 25.6 Å². The molecule has 1 fully saturated rings. The minimum atomic E-state index is -5.59. The molecule has 3 rings (SSSR count). The molecule has 0 radical (unpaired) electrons. The Bertz CT molecular complexity index is 1820. The Kier molecular flexibility index (Phi) is 16.4. The van der Waals surface area contributed by atoms with Crippen LogP contribution in [0.25, 0.3) is 11.2 Å². The van der Waals surface area contributed by atoms with Crippen LogP contribution in [0.5, 0.6) is 0 Å². The maximum absolute atomic E-state index is 13.4. The number of halogens is 1. The molecule has 3 heterocycles. The number of anilines is 1. The van der Waals surface area contributed by atoms with Crippen LogP contribution in [-0.4, -0.2) is 140 Å². The number of nitrogens with one attached hydrogen (secondary N) is 2. The highest BCUT2D eigenvalue weighted by atomic mass is 32.2. The molecular formula is C25H41FN7O18P3S. The fraction of sp³-hybridized carbons (Fsp3) is 0.680. The van der Waals surface area contributed by atoms with Gasteiger partial charge in [0.2, 0.25) is 16.9 Å². The van der Waals surface area contributed by atoms with Gasteiger partial charge in [0.1, 0.15) is 36.3 Å². The number of aliphatic hydroxyl groups excluding tert-OH is 3. The van der Waals surface area contributed by atoms with Crippen molar-refractivity contribution in [2.75, 3.05) is 37.8 Å². The Labute approximate surface area is 314 Å². The first-order valence-corrected chi connectivity index (χ1v) is 21.2. The summed E-state index contributed by atoms with van der Waals surface area (Å²) in [6.07, 6.45) is -10.7. The molecular weight excluding hydrogens is 830 g/mol. The molecule has 11 N–H and O–H groups in total. The number of hydrogen-bond acceptors (Lipinski definition) is 19. The van der Waals surface area contributed by atoms with Gasteiger partial charge in [-0.3, -0.25) is 32.5 Å². The molecule has 2 aromatic heterocycles. The van der Waals surface area contributed by atoms with E-state index in [1.54, 1.807) is 0 Å². The van der Waals surface area contributed by atoms with E-state index in [0.29, 0.717) is 11.8 Å². The molecule has 30 heteroatoms. The van der Waals surface area contributed by atoms with E-state index in [-0.39, 0.29) is 42.2 Å². The Morgan fingerprint density at radius 2 is 1.73 bits per heavy atom. The second kappa shape index (κ2) is 19.3. The molecule has 9 atom stereocenters. The Balaban J connectivity index is 1.50. The lowest BCUT2D eigenvalue weighted by atomic mass is 9.87. The first-order chi connectivity index (χ1) is 25.3. The molecule has 1 aliphatic rings. The number of ether oxygens (including phenoxy) is 1. The van der Waals surface area contributed by atoms with Crippen LogP contribution < -0.4 is 16.4 Å². The first-order valence-electron chi connectivity index (χ1n) is 15.7. The number of nitrogens with two attached hydrogens (primary N) is 1. The number of nitrogen functional groups attached to an aromatic ring is 1. The van der Waals surface area contributed by atoms with Crippen molar-refractivity contribution in [3.8, 4) is 0 Å². The lowest BCUT2D eigenvalue weighted by molar-refractivity contribution is -0.137. The minimum Gasteiger partial charge on any atom is -0.390 e. The van der Waals surface area contributed by atoms with E-state index in [2.05, 4.69) is 34.4 Å². The highest BCUT2D eigenvalue weighted by Crippen LogP contribution is 2.61. The molecule has 0 spiro atoms. The monoisotopic (exact) mass is 871 g/mol. The molecule has 1 saturated heterocycles. The predicted molar refractivity (Wildman–Crippen MR) is 184 cm³/mol. The Morgan fingerprint density at radius 1 is 1.07 bits per heavy atom. The van der Waals surface area contributed by atoms with Gasteiger partial charge in [-0.25, -0.2) is 33.0 Å². The van der Waals surface area contributed by atoms with E-state index in [9.17, 15) is 62.3 Å². The van der Waals surface area contributed by atoms with Crippen molar-refractivity contribution < 1.29 is 90.0 Å². The van der Waals surface area contributed by atoms with E-state index in [0.717, 1.165) is 24.1 Å². The van der Waals surface area contributed by atoms with E-state index in [4.69, 9.17) is 24.6 Å². The molecule has 2 amide bonds. The number of thioether (sulfide) groups is 1. The summed E-state index contributed by atoms with van der Waals surface area (Å²) in [7, 11) is -16.5. The zero-order chi connectivity index (χ0) is 41.5. The molecule has 0 bridgehead atoms. The number of hydrogen-bond donors (Lipinski definition) is 10. The fourth-order valence-corrected chi connectivity index (χ4v) is 8.15. The number of amides is 2. The third kappa shape index (κ3) is 13.8. The lowest BCUT2D eigenvalue weighted by Crippen LogP contribution is -2.46. The van der Waals surface area contributed by atoms with Crippen LogP contribution in [0.1, 0.15) is 33.4 Å². The van der Waals surface area contributed by atoms with Crippen LogP contribution in [0, 0.1) is 5.41 Å². The topological polar surface area (TPSA) is 384 Å². The smallest absolute Gasteiger partial charge is 0.390 e. The van der Waals surface area contributed by atoms with Gasteiger partial charge in [0, 0.05) is 30.7 Å². The van der Waals surface area contributed by atoms with Crippen molar-refractivity contribution in [1.82, 2.24) is 30.2 Å². The summed E-state index contributed by atoms with van der Waals surface area (Å²) >= 11 is 0.572. The lowest BCUT2D eigenvalue weighted by Gasteiger charge is -2.30. The Hall–Kier alpha value is -2.55. The minimum absolute atomic E-state index is 0.0133. The standard InChI is InChI=1S/C25H41FN7O18P3S/c1-12(34)15(26)24(39)55-7-6-28-14(35)4-5-29-22(38)19(37)25(2,3)9-48-54(45,46)51-53(43,44)47-8-13-18(50-52(40,41)42)17(36)23(49-13)33-11-32-16-20(27)30-10-31-21(16)33/h10-13,15,17-19,23,34,36-37H,4-9H2,1-3H3,(H,28,35)(H,29,38)(H,43,44)(H,45,46)(H2,27,30,31)(H2,40,41,42)/t12-,13-,15+,17-,18-,19+,23-/m1/s1. The number of fused-ring (bicyclic) bond motifs is 1. The summed E-state index contributed by atoms with van der Waals surface area (Å²) in [5, 5.41) is 34.2. The molecule has 0 aromatic carbocycles. The summed E-state index contributed by atoms with van der Waals surface area (Å²) in [6.45, 7) is 1.15. The number of imidazole rings is 1. The first kappa shape index (κ1) is 46.8. The van der Waals surface area contributed by atoms with Crippen molar-refractivity contribution in [2.24, 2.45) is 5.41 Å². The Morgan fingerprint density at radius 3 is 2.36 bits per heavy atom. The number of carbonyl (C=O) groups is 3. The van der Waals surface area contributed by atoms with Crippen molar-refractivity contribution in [1.29, 1.82) is 0 Å². The molecule has 2 unspecified atom stereocenters. The quantitative estimate of drug-likeness (QED) is 0.0498. The van der Waals surface area contributed by atoms with Crippen molar-refractivity contribution in [3.05, 3.63) is 12.7 Å². The molecule has 0 saturated carbocycles. The van der Waals surface area contributed by atoms with Crippen LogP contribution >= 0.6 is 35.2 Å². The summed E-state index contributed by atoms with van der Waals surface area (Å²) < 4.78 is 75.3. The normalized spacial score (nSPS) is 23.0. The van der Waals surface area contributed by atoms with E-state index >= 15 is 0 Å². The SMILES string of the molecule is C[C@@H](O)[C@H](F)C(=O)SCCNC(=O)CCNC(=O)[C@H](O)C(C)(C)COP(=O)(O)OP(=O)(O)OC[C@H]1O[C@@H](n2cnc3c(N)ncnc32)[C@H](O)[C@@H]1OP(=O)(O)O. The predicted octanol–water partition coefficient (Wildman–Crippen LogP) is -1.62. The number of phosphoric ester groups is 3. The van der Waals surface area contributed by atoms with E-state index in [1.807, 2.05) is 0 Å². The molecule has 25 nitrogen and oxygen atoms in total. The zero-order valence-electron chi connectivity index (χ0n) is 29.1. The van der Waals surface area contributed by atoms with Crippen molar-refractivity contribution >= 4 is 69.1 Å². The fourth-order valence-electron chi connectivity index (χ4n) is 4.56. The zero-order valence-corrected chi connectivity index (χ0v) is 32.6. The highest BCUT2D eigenvalue weighted by molar-refractivity contribution is 8.13. The number of phosphoric acid groups is 3. The van der Waals surface area contributed by atoms with Crippen LogP contribution in [0.15, 0.2) is 12.7 Å². The third-order valence-electron chi connectivity index (χ3n) is 7.39. The molecule has 1 aliphatic heterocycles. The number of nitrogens with zero attached hydrogens (tertiary/aromatic N) is 4. The van der Waals surface area contributed by atoms with Crippen molar-refractivity contribution in [2.45, 2.75) is 70.1 Å². The number of aliphatic hydroxyl groups is 3. The number of alkyl halides is 1. The number of carbonyl (C=O) groups excluding carboxylic acids is 3. The average Bonchev–Trinajstić information content (AvgIpc) is 3.64. The van der Waals surface area contributed by atoms with Gasteiger partial charge in [-0.05, 0) is 6.92 Å². The van der Waals surface area contributed by atoms with Gasteiger partial charge >= 0.3 is 23.5 Å². The molecule has 55 heavy (non-hydrogen) atoms. The van der Waals surface area contributed by atoms with Gasteiger partial charge in [-0.2, -0.15) is 4.31 Å². The molecule has 2 aromatic rings.